The summed E-state index contributed by atoms with van der Waals surface area (Å²) in [7, 11) is 0. The number of nitrogens with zero attached hydrogens (tertiary/aromatic N) is 1. The van der Waals surface area contributed by atoms with Crippen LogP contribution in [0.25, 0.3) is 11.1 Å². The Bertz CT molecular complexity index is 1180. The van der Waals surface area contributed by atoms with Crippen LogP contribution < -0.4 is 9.47 Å². The van der Waals surface area contributed by atoms with Gasteiger partial charge in [0.2, 0.25) is 0 Å². The fourth-order valence-electron chi connectivity index (χ4n) is 4.77. The molecule has 0 spiro atoms. The number of alkyl halides is 1. The first-order valence-corrected chi connectivity index (χ1v) is 11.8. The highest BCUT2D eigenvalue weighted by molar-refractivity contribution is 5.95. The topological polar surface area (TPSA) is 41.9 Å². The van der Waals surface area contributed by atoms with E-state index in [4.69, 9.17) is 9.47 Å². The minimum Gasteiger partial charge on any atom is -0.508 e. The third-order valence-electron chi connectivity index (χ3n) is 6.75. The maximum absolute atomic E-state index is 12.6. The van der Waals surface area contributed by atoms with Gasteiger partial charge in [-0.25, -0.2) is 0 Å². The van der Waals surface area contributed by atoms with Crippen molar-refractivity contribution in [2.24, 2.45) is 5.92 Å². The number of hydrogen-bond donors (Lipinski definition) is 1. The third-order valence-corrected chi connectivity index (χ3v) is 6.75. The summed E-state index contributed by atoms with van der Waals surface area (Å²) in [6.07, 6.45) is -0.271. The lowest BCUT2D eigenvalue weighted by Gasteiger charge is -2.37. The van der Waals surface area contributed by atoms with E-state index in [1.54, 1.807) is 12.1 Å². The van der Waals surface area contributed by atoms with Crippen molar-refractivity contribution in [1.29, 1.82) is 0 Å². The highest BCUT2D eigenvalue weighted by Crippen LogP contribution is 2.47. The Hall–Kier alpha value is -3.31. The standard InChI is InChI=1S/C29H30FNO3/c1-19-3-5-22(6-4-19)28-20(2)26-15-24(32)9-12-27(26)34-29(28)23-7-10-25(11-8-23)33-14-13-31-17-21(16-30)18-31/h3-12,15,21,29,32H,13-14,16-18H2,1-2H3. The van der Waals surface area contributed by atoms with Gasteiger partial charge in [-0.15, -0.1) is 0 Å². The molecular formula is C29H30FNO3. The van der Waals surface area contributed by atoms with Gasteiger partial charge in [0, 0.05) is 36.7 Å². The molecular weight excluding hydrogens is 429 g/mol. The number of likely N-dealkylation sites (tertiary alicyclic amines) is 1. The van der Waals surface area contributed by atoms with E-state index in [0.29, 0.717) is 6.61 Å². The van der Waals surface area contributed by atoms with Crippen LogP contribution in [0.2, 0.25) is 0 Å². The summed E-state index contributed by atoms with van der Waals surface area (Å²) in [4.78, 5) is 2.21. The predicted octanol–water partition coefficient (Wildman–Crippen LogP) is 6.05. The molecule has 5 heteroatoms. The first-order valence-electron chi connectivity index (χ1n) is 11.8. The van der Waals surface area contributed by atoms with Crippen molar-refractivity contribution in [2.45, 2.75) is 20.0 Å². The Balaban J connectivity index is 1.37. The highest BCUT2D eigenvalue weighted by atomic mass is 19.1. The van der Waals surface area contributed by atoms with Crippen molar-refractivity contribution in [3.8, 4) is 17.2 Å². The molecule has 1 N–H and O–H groups in total. The summed E-state index contributed by atoms with van der Waals surface area (Å²) in [6.45, 7) is 6.98. The van der Waals surface area contributed by atoms with E-state index < -0.39 is 0 Å². The first-order chi connectivity index (χ1) is 16.5. The average molecular weight is 460 g/mol. The highest BCUT2D eigenvalue weighted by Gasteiger charge is 2.30. The normalized spacial score (nSPS) is 18.3. The molecule has 34 heavy (non-hydrogen) atoms. The summed E-state index contributed by atoms with van der Waals surface area (Å²) in [5.41, 5.74) is 6.43. The fourth-order valence-corrected chi connectivity index (χ4v) is 4.77. The van der Waals surface area contributed by atoms with Crippen molar-refractivity contribution >= 4 is 11.1 Å². The number of aromatic hydroxyl groups is 1. The van der Waals surface area contributed by atoms with Gasteiger partial charge in [-0.05, 0) is 60.9 Å². The average Bonchev–Trinajstić information content (AvgIpc) is 2.82. The van der Waals surface area contributed by atoms with Crippen LogP contribution >= 0.6 is 0 Å². The van der Waals surface area contributed by atoms with Gasteiger partial charge in [-0.1, -0.05) is 42.0 Å². The molecule has 2 aliphatic rings. The van der Waals surface area contributed by atoms with E-state index >= 15 is 0 Å². The van der Waals surface area contributed by atoms with Crippen LogP contribution in [-0.4, -0.2) is 42.9 Å². The maximum Gasteiger partial charge on any atom is 0.150 e. The molecule has 1 atom stereocenters. The van der Waals surface area contributed by atoms with E-state index in [-0.39, 0.29) is 24.4 Å². The number of ether oxygens (including phenoxy) is 2. The summed E-state index contributed by atoms with van der Waals surface area (Å²) < 4.78 is 25.0. The minimum absolute atomic E-state index is 0.197. The lowest BCUT2D eigenvalue weighted by molar-refractivity contribution is 0.0668. The van der Waals surface area contributed by atoms with Crippen LogP contribution in [0.4, 0.5) is 4.39 Å². The zero-order chi connectivity index (χ0) is 23.7. The van der Waals surface area contributed by atoms with E-state index in [1.165, 1.54) is 5.56 Å². The number of phenolic OH excluding ortho intramolecular Hbond substituents is 1. The fraction of sp³-hybridized carbons (Fsp3) is 0.310. The first kappa shape index (κ1) is 22.5. The van der Waals surface area contributed by atoms with Crippen LogP contribution in [0, 0.1) is 12.8 Å². The van der Waals surface area contributed by atoms with E-state index in [1.807, 2.05) is 18.2 Å². The number of hydrogen-bond acceptors (Lipinski definition) is 4. The molecule has 0 bridgehead atoms. The molecule has 0 radical (unpaired) electrons. The monoisotopic (exact) mass is 459 g/mol. The molecule has 1 saturated heterocycles. The van der Waals surface area contributed by atoms with Crippen LogP contribution in [0.5, 0.6) is 17.2 Å². The Morgan fingerprint density at radius 1 is 1.00 bits per heavy atom. The summed E-state index contributed by atoms with van der Waals surface area (Å²) in [5, 5.41) is 10.1. The zero-order valence-corrected chi connectivity index (χ0v) is 19.6. The maximum atomic E-state index is 12.6. The Morgan fingerprint density at radius 2 is 1.74 bits per heavy atom. The largest absolute Gasteiger partial charge is 0.508 e. The summed E-state index contributed by atoms with van der Waals surface area (Å²) in [6, 6.07) is 21.8. The van der Waals surface area contributed by atoms with Crippen molar-refractivity contribution in [2.75, 3.05) is 32.9 Å². The minimum atomic E-state index is -0.271. The smallest absolute Gasteiger partial charge is 0.150 e. The van der Waals surface area contributed by atoms with Crippen LogP contribution in [0.3, 0.4) is 0 Å². The molecule has 0 saturated carbocycles. The molecule has 2 heterocycles. The Labute approximate surface area is 200 Å². The van der Waals surface area contributed by atoms with Gasteiger partial charge in [0.15, 0.2) is 0 Å². The van der Waals surface area contributed by atoms with Gasteiger partial charge < -0.3 is 14.6 Å². The van der Waals surface area contributed by atoms with Crippen LogP contribution in [0.15, 0.2) is 66.7 Å². The molecule has 1 fully saturated rings. The SMILES string of the molecule is CC1=C(c2ccc(C)cc2)C(c2ccc(OCCN3CC(CF)C3)cc2)Oc2ccc(O)cc21. The number of benzene rings is 3. The molecule has 3 aromatic rings. The van der Waals surface area contributed by atoms with Gasteiger partial charge >= 0.3 is 0 Å². The van der Waals surface area contributed by atoms with Crippen molar-refractivity contribution in [3.63, 3.8) is 0 Å². The number of allylic oxidation sites excluding steroid dienone is 1. The quantitative estimate of drug-likeness (QED) is 0.467. The number of aryl methyl sites for hydroxylation is 1. The van der Waals surface area contributed by atoms with E-state index in [9.17, 15) is 9.50 Å². The zero-order valence-electron chi connectivity index (χ0n) is 19.6. The Kier molecular flexibility index (Phi) is 6.29. The predicted molar refractivity (Wildman–Crippen MR) is 133 cm³/mol. The van der Waals surface area contributed by atoms with E-state index in [0.717, 1.165) is 59.0 Å². The van der Waals surface area contributed by atoms with Crippen molar-refractivity contribution in [3.05, 3.63) is 89.0 Å². The molecule has 5 rings (SSSR count). The van der Waals surface area contributed by atoms with Crippen molar-refractivity contribution in [1.82, 2.24) is 4.90 Å². The van der Waals surface area contributed by atoms with E-state index in [2.05, 4.69) is 55.1 Å². The van der Waals surface area contributed by atoms with Gasteiger partial charge in [0.05, 0.1) is 6.67 Å². The van der Waals surface area contributed by atoms with Gasteiger partial charge in [-0.3, -0.25) is 9.29 Å². The Morgan fingerprint density at radius 3 is 2.44 bits per heavy atom. The summed E-state index contributed by atoms with van der Waals surface area (Å²) >= 11 is 0. The third kappa shape index (κ3) is 4.53. The molecule has 0 amide bonds. The molecule has 1 unspecified atom stereocenters. The number of fused-ring (bicyclic) bond motifs is 1. The lowest BCUT2D eigenvalue weighted by Crippen LogP contribution is -2.49. The van der Waals surface area contributed by atoms with Gasteiger partial charge in [-0.2, -0.15) is 0 Å². The second-order valence-electron chi connectivity index (χ2n) is 9.28. The summed E-state index contributed by atoms with van der Waals surface area (Å²) in [5.74, 6) is 1.99. The van der Waals surface area contributed by atoms with Gasteiger partial charge in [0.1, 0.15) is 30.0 Å². The second kappa shape index (κ2) is 9.51. The molecule has 4 nitrogen and oxygen atoms in total. The van der Waals surface area contributed by atoms with Gasteiger partial charge in [0.25, 0.3) is 0 Å². The molecule has 0 aromatic heterocycles. The molecule has 2 aliphatic heterocycles. The van der Waals surface area contributed by atoms with Crippen LogP contribution in [0.1, 0.15) is 35.3 Å². The second-order valence-corrected chi connectivity index (χ2v) is 9.28. The number of rotatable bonds is 7. The lowest BCUT2D eigenvalue weighted by atomic mass is 9.86. The van der Waals surface area contributed by atoms with Crippen molar-refractivity contribution < 1.29 is 19.0 Å². The number of phenols is 1. The van der Waals surface area contributed by atoms with Crippen LogP contribution in [-0.2, 0) is 0 Å². The number of halogens is 1. The molecule has 3 aromatic carbocycles. The molecule has 0 aliphatic carbocycles. The molecule has 176 valence electrons.